The van der Waals surface area contributed by atoms with Crippen LogP contribution in [-0.2, 0) is 0 Å². The zero-order valence-electron chi connectivity index (χ0n) is 13.4. The van der Waals surface area contributed by atoms with E-state index in [1.165, 1.54) is 17.8 Å². The molecule has 24 heavy (non-hydrogen) atoms. The molecule has 1 aromatic heterocycles. The van der Waals surface area contributed by atoms with Crippen LogP contribution in [0, 0.1) is 11.3 Å². The van der Waals surface area contributed by atoms with Crippen LogP contribution in [0.3, 0.4) is 0 Å². The number of aliphatic hydroxyl groups is 1. The summed E-state index contributed by atoms with van der Waals surface area (Å²) in [5.74, 6) is -0.0782. The van der Waals surface area contributed by atoms with E-state index in [2.05, 4.69) is 9.97 Å². The molecule has 7 nitrogen and oxygen atoms in total. The number of rotatable bonds is 6. The number of aromatic nitrogens is 2. The monoisotopic (exact) mass is 346 g/mol. The zero-order valence-corrected chi connectivity index (χ0v) is 14.2. The van der Waals surface area contributed by atoms with Crippen LogP contribution in [0.1, 0.15) is 12.5 Å². The number of nitrogens with zero attached hydrogens (tertiary/aromatic N) is 3. The summed E-state index contributed by atoms with van der Waals surface area (Å²) in [5, 5.41) is 29.1. The Kier molecular flexibility index (Phi) is 5.84. The number of phenolic OH excluding ortho intramolecular Hbond substituents is 1. The molecule has 0 unspecified atom stereocenters. The summed E-state index contributed by atoms with van der Waals surface area (Å²) in [7, 11) is 0. The first kappa shape index (κ1) is 17.8. The molecule has 0 aliphatic rings. The van der Waals surface area contributed by atoms with Crippen LogP contribution >= 0.6 is 11.8 Å². The fraction of sp³-hybridized carbons (Fsp3) is 0.312. The van der Waals surface area contributed by atoms with Gasteiger partial charge in [0.1, 0.15) is 23.1 Å². The topological polar surface area (TPSA) is 113 Å². The van der Waals surface area contributed by atoms with Crippen molar-refractivity contribution in [1.82, 2.24) is 9.97 Å². The average molecular weight is 346 g/mol. The summed E-state index contributed by atoms with van der Waals surface area (Å²) >= 11 is 1.24. The number of aromatic amines is 1. The summed E-state index contributed by atoms with van der Waals surface area (Å²) in [6.45, 7) is 3.06. The first-order valence-corrected chi connectivity index (χ1v) is 8.55. The van der Waals surface area contributed by atoms with Gasteiger partial charge < -0.3 is 20.1 Å². The van der Waals surface area contributed by atoms with Crippen molar-refractivity contribution in [2.45, 2.75) is 12.1 Å². The van der Waals surface area contributed by atoms with Crippen molar-refractivity contribution in [2.24, 2.45) is 0 Å². The van der Waals surface area contributed by atoms with Crippen LogP contribution in [-0.4, -0.2) is 46.1 Å². The van der Waals surface area contributed by atoms with Gasteiger partial charge in [-0.05, 0) is 25.3 Å². The van der Waals surface area contributed by atoms with E-state index in [0.29, 0.717) is 23.8 Å². The lowest BCUT2D eigenvalue weighted by atomic mass is 10.1. The number of aliphatic hydroxyl groups excluding tert-OH is 1. The lowest BCUT2D eigenvalue weighted by molar-refractivity contribution is 0.302. The molecule has 8 heteroatoms. The fourth-order valence-corrected chi connectivity index (χ4v) is 2.73. The van der Waals surface area contributed by atoms with E-state index < -0.39 is 5.56 Å². The maximum atomic E-state index is 12.0. The van der Waals surface area contributed by atoms with Gasteiger partial charge >= 0.3 is 0 Å². The van der Waals surface area contributed by atoms with Crippen LogP contribution in [0.15, 0.2) is 28.2 Å². The smallest absolute Gasteiger partial charge is 0.270 e. The molecular formula is C16H18N4O3S. The number of likely N-dealkylation sites (N-methyl/N-ethyl adjacent to an activating group) is 1. The molecule has 0 spiro atoms. The minimum atomic E-state index is -0.536. The molecule has 0 atom stereocenters. The standard InChI is InChI=1S/C16H18N4O3S/c1-3-20(6-7-21)10-4-5-11(13(22)8-10)14-12(9-17)15(23)19-16(18-14)24-2/h4-5,8,21-22H,3,6-7H2,1-2H3,(H,18,19,23). The normalized spacial score (nSPS) is 10.4. The Morgan fingerprint density at radius 1 is 1.46 bits per heavy atom. The highest BCUT2D eigenvalue weighted by Gasteiger charge is 2.17. The maximum absolute atomic E-state index is 12.0. The number of H-pyrrole nitrogens is 1. The molecule has 0 amide bonds. The molecule has 2 aromatic rings. The highest BCUT2D eigenvalue weighted by Crippen LogP contribution is 2.33. The van der Waals surface area contributed by atoms with E-state index in [9.17, 15) is 15.2 Å². The van der Waals surface area contributed by atoms with Crippen molar-refractivity contribution < 1.29 is 10.2 Å². The number of thioether (sulfide) groups is 1. The van der Waals surface area contributed by atoms with Crippen LogP contribution < -0.4 is 10.5 Å². The number of anilines is 1. The number of benzene rings is 1. The van der Waals surface area contributed by atoms with Gasteiger partial charge in [0.05, 0.1) is 6.61 Å². The highest BCUT2D eigenvalue weighted by atomic mass is 32.2. The number of nitrogens with one attached hydrogen (secondary N) is 1. The Morgan fingerprint density at radius 2 is 2.21 bits per heavy atom. The van der Waals surface area contributed by atoms with Crippen LogP contribution in [0.4, 0.5) is 5.69 Å². The van der Waals surface area contributed by atoms with Gasteiger partial charge in [-0.3, -0.25) is 4.79 Å². The quantitative estimate of drug-likeness (QED) is 0.537. The van der Waals surface area contributed by atoms with Gasteiger partial charge in [-0.15, -0.1) is 0 Å². The van der Waals surface area contributed by atoms with Crippen molar-refractivity contribution >= 4 is 17.4 Å². The first-order chi connectivity index (χ1) is 11.5. The molecule has 0 fully saturated rings. The van der Waals surface area contributed by atoms with E-state index in [-0.39, 0.29) is 23.6 Å². The number of aromatic hydroxyl groups is 1. The van der Waals surface area contributed by atoms with Gasteiger partial charge in [-0.1, -0.05) is 11.8 Å². The number of hydrogen-bond donors (Lipinski definition) is 3. The molecule has 1 heterocycles. The molecule has 126 valence electrons. The molecule has 0 saturated heterocycles. The Labute approximate surface area is 143 Å². The second kappa shape index (κ2) is 7.86. The van der Waals surface area contributed by atoms with Crippen molar-refractivity contribution in [3.05, 3.63) is 34.1 Å². The summed E-state index contributed by atoms with van der Waals surface area (Å²) in [6, 6.07) is 6.76. The average Bonchev–Trinajstić information content (AvgIpc) is 2.58. The number of phenols is 1. The van der Waals surface area contributed by atoms with Gasteiger partial charge in [-0.25, -0.2) is 4.98 Å². The molecule has 2 rings (SSSR count). The maximum Gasteiger partial charge on any atom is 0.270 e. The van der Waals surface area contributed by atoms with Gasteiger partial charge in [0.15, 0.2) is 5.16 Å². The number of hydrogen-bond acceptors (Lipinski definition) is 7. The van der Waals surface area contributed by atoms with E-state index in [4.69, 9.17) is 5.11 Å². The van der Waals surface area contributed by atoms with Crippen LogP contribution in [0.2, 0.25) is 0 Å². The van der Waals surface area contributed by atoms with E-state index in [1.54, 1.807) is 18.4 Å². The Hall–Kier alpha value is -2.50. The van der Waals surface area contributed by atoms with E-state index >= 15 is 0 Å². The second-order valence-corrected chi connectivity index (χ2v) is 5.71. The summed E-state index contributed by atoms with van der Waals surface area (Å²) in [4.78, 5) is 20.7. The van der Waals surface area contributed by atoms with Crippen LogP contribution in [0.25, 0.3) is 11.3 Å². The molecule has 0 bridgehead atoms. The second-order valence-electron chi connectivity index (χ2n) is 4.92. The van der Waals surface area contributed by atoms with Gasteiger partial charge in [0.2, 0.25) is 0 Å². The lowest BCUT2D eigenvalue weighted by Crippen LogP contribution is -2.26. The molecule has 0 radical (unpaired) electrons. The molecule has 1 aromatic carbocycles. The molecule has 3 N–H and O–H groups in total. The van der Waals surface area contributed by atoms with Crippen LogP contribution in [0.5, 0.6) is 5.75 Å². The van der Waals surface area contributed by atoms with Crippen molar-refractivity contribution in [3.63, 3.8) is 0 Å². The SMILES string of the molecule is CCN(CCO)c1ccc(-c2nc(SC)[nH]c(=O)c2C#N)c(O)c1. The van der Waals surface area contributed by atoms with Gasteiger partial charge in [0, 0.05) is 30.4 Å². The summed E-state index contributed by atoms with van der Waals surface area (Å²) < 4.78 is 0. The highest BCUT2D eigenvalue weighted by molar-refractivity contribution is 7.98. The third-order valence-electron chi connectivity index (χ3n) is 3.56. The van der Waals surface area contributed by atoms with E-state index in [1.807, 2.05) is 17.9 Å². The lowest BCUT2D eigenvalue weighted by Gasteiger charge is -2.22. The zero-order chi connectivity index (χ0) is 17.7. The number of nitriles is 1. The Balaban J connectivity index is 2.57. The predicted octanol–water partition coefficient (Wildman–Crippen LogP) is 1.55. The molecule has 0 aliphatic carbocycles. The van der Waals surface area contributed by atoms with Crippen molar-refractivity contribution in [2.75, 3.05) is 30.9 Å². The largest absolute Gasteiger partial charge is 0.507 e. The van der Waals surface area contributed by atoms with Crippen molar-refractivity contribution in [3.8, 4) is 23.1 Å². The Morgan fingerprint density at radius 3 is 2.75 bits per heavy atom. The molecule has 0 saturated carbocycles. The van der Waals surface area contributed by atoms with Gasteiger partial charge in [-0.2, -0.15) is 5.26 Å². The Bertz CT molecular complexity index is 829. The predicted molar refractivity (Wildman–Crippen MR) is 93.4 cm³/mol. The minimum absolute atomic E-state index is 0.00162. The minimum Gasteiger partial charge on any atom is -0.507 e. The van der Waals surface area contributed by atoms with Gasteiger partial charge in [0.25, 0.3) is 5.56 Å². The first-order valence-electron chi connectivity index (χ1n) is 7.33. The van der Waals surface area contributed by atoms with Crippen molar-refractivity contribution in [1.29, 1.82) is 5.26 Å². The third kappa shape index (κ3) is 3.53. The molecule has 0 aliphatic heterocycles. The summed E-state index contributed by atoms with van der Waals surface area (Å²) in [5.41, 5.74) is 0.530. The van der Waals surface area contributed by atoms with E-state index in [0.717, 1.165) is 5.69 Å². The fourth-order valence-electron chi connectivity index (χ4n) is 2.36. The third-order valence-corrected chi connectivity index (χ3v) is 4.14. The summed E-state index contributed by atoms with van der Waals surface area (Å²) in [6.07, 6.45) is 1.76. The molecular weight excluding hydrogens is 328 g/mol.